The number of amides is 4. The molecule has 1 atom stereocenters. The molecular formula is C12H19N3O3. The van der Waals surface area contributed by atoms with E-state index in [9.17, 15) is 14.4 Å². The molecule has 0 bridgehead atoms. The number of hydrogen-bond acceptors (Lipinski definition) is 3. The first kappa shape index (κ1) is 12.9. The van der Waals surface area contributed by atoms with Gasteiger partial charge < -0.3 is 10.2 Å². The fourth-order valence-electron chi connectivity index (χ4n) is 2.28. The van der Waals surface area contributed by atoms with E-state index in [2.05, 4.69) is 17.6 Å². The van der Waals surface area contributed by atoms with Crippen LogP contribution in [0, 0.1) is 5.92 Å². The second kappa shape index (κ2) is 5.37. The summed E-state index contributed by atoms with van der Waals surface area (Å²) < 4.78 is 0. The third kappa shape index (κ3) is 3.00. The molecule has 2 saturated heterocycles. The molecule has 0 aromatic rings. The first-order valence-corrected chi connectivity index (χ1v) is 6.45. The maximum Gasteiger partial charge on any atom is 0.318 e. The van der Waals surface area contributed by atoms with Gasteiger partial charge in [-0.2, -0.15) is 0 Å². The Morgan fingerprint density at radius 1 is 1.28 bits per heavy atom. The van der Waals surface area contributed by atoms with E-state index in [4.69, 9.17) is 0 Å². The first-order valence-electron chi connectivity index (χ1n) is 6.45. The molecule has 0 aromatic heterocycles. The van der Waals surface area contributed by atoms with Crippen molar-refractivity contribution in [1.29, 1.82) is 0 Å². The SMILES string of the molecule is CC1CCN(C(=O)NC2CCC(=O)NC2=O)CC1. The smallest absolute Gasteiger partial charge is 0.318 e. The predicted molar refractivity (Wildman–Crippen MR) is 64.7 cm³/mol. The van der Waals surface area contributed by atoms with Crippen LogP contribution >= 0.6 is 0 Å². The molecule has 2 heterocycles. The lowest BCUT2D eigenvalue weighted by Crippen LogP contribution is -2.55. The van der Waals surface area contributed by atoms with E-state index in [0.717, 1.165) is 25.9 Å². The van der Waals surface area contributed by atoms with Crippen molar-refractivity contribution in [3.05, 3.63) is 0 Å². The zero-order chi connectivity index (χ0) is 13.1. The lowest BCUT2D eigenvalue weighted by Gasteiger charge is -2.32. The Morgan fingerprint density at radius 2 is 1.94 bits per heavy atom. The number of nitrogens with zero attached hydrogens (tertiary/aromatic N) is 1. The van der Waals surface area contributed by atoms with E-state index < -0.39 is 11.9 Å². The van der Waals surface area contributed by atoms with Crippen LogP contribution in [0.2, 0.25) is 0 Å². The number of nitrogens with one attached hydrogen (secondary N) is 2. The second-order valence-electron chi connectivity index (χ2n) is 5.12. The van der Waals surface area contributed by atoms with Crippen LogP contribution in [0.15, 0.2) is 0 Å². The van der Waals surface area contributed by atoms with Crippen LogP contribution in [0.25, 0.3) is 0 Å². The van der Waals surface area contributed by atoms with Crippen molar-refractivity contribution >= 4 is 17.8 Å². The maximum atomic E-state index is 11.9. The van der Waals surface area contributed by atoms with Gasteiger partial charge in [0.25, 0.3) is 0 Å². The van der Waals surface area contributed by atoms with Crippen LogP contribution in [-0.4, -0.2) is 41.9 Å². The summed E-state index contributed by atoms with van der Waals surface area (Å²) in [6.45, 7) is 3.65. The number of carbonyl (C=O) groups excluding carboxylic acids is 3. The van der Waals surface area contributed by atoms with Crippen molar-refractivity contribution in [3.8, 4) is 0 Å². The lowest BCUT2D eigenvalue weighted by atomic mass is 9.99. The van der Waals surface area contributed by atoms with Crippen LogP contribution in [0.1, 0.15) is 32.6 Å². The van der Waals surface area contributed by atoms with Gasteiger partial charge in [0.05, 0.1) is 0 Å². The Balaban J connectivity index is 1.84. The summed E-state index contributed by atoms with van der Waals surface area (Å²) >= 11 is 0. The largest absolute Gasteiger partial charge is 0.326 e. The van der Waals surface area contributed by atoms with E-state index in [0.29, 0.717) is 12.3 Å². The summed E-state index contributed by atoms with van der Waals surface area (Å²) in [6.07, 6.45) is 2.68. The molecular weight excluding hydrogens is 234 g/mol. The number of carbonyl (C=O) groups is 3. The molecule has 4 amide bonds. The zero-order valence-corrected chi connectivity index (χ0v) is 10.6. The number of imide groups is 1. The molecule has 0 aliphatic carbocycles. The molecule has 2 rings (SSSR count). The van der Waals surface area contributed by atoms with Gasteiger partial charge in [0.15, 0.2) is 0 Å². The molecule has 2 fully saturated rings. The number of rotatable bonds is 1. The van der Waals surface area contributed by atoms with Crippen LogP contribution in [0.3, 0.4) is 0 Å². The highest BCUT2D eigenvalue weighted by Crippen LogP contribution is 2.16. The third-order valence-electron chi connectivity index (χ3n) is 3.61. The number of piperidine rings is 2. The molecule has 100 valence electrons. The van der Waals surface area contributed by atoms with Crippen molar-refractivity contribution in [3.63, 3.8) is 0 Å². The van der Waals surface area contributed by atoms with Crippen molar-refractivity contribution in [2.24, 2.45) is 5.92 Å². The lowest BCUT2D eigenvalue weighted by molar-refractivity contribution is -0.134. The Hall–Kier alpha value is -1.59. The Labute approximate surface area is 106 Å². The van der Waals surface area contributed by atoms with Gasteiger partial charge in [-0.05, 0) is 25.2 Å². The van der Waals surface area contributed by atoms with E-state index in [1.807, 2.05) is 0 Å². The quantitative estimate of drug-likeness (QED) is 0.657. The molecule has 1 unspecified atom stereocenters. The third-order valence-corrected chi connectivity index (χ3v) is 3.61. The summed E-state index contributed by atoms with van der Waals surface area (Å²) in [7, 11) is 0. The van der Waals surface area contributed by atoms with Gasteiger partial charge in [-0.25, -0.2) is 4.79 Å². The average molecular weight is 253 g/mol. The fourth-order valence-corrected chi connectivity index (χ4v) is 2.28. The summed E-state index contributed by atoms with van der Waals surface area (Å²) in [4.78, 5) is 36.2. The van der Waals surface area contributed by atoms with Crippen molar-refractivity contribution < 1.29 is 14.4 Å². The highest BCUT2D eigenvalue weighted by atomic mass is 16.2. The van der Waals surface area contributed by atoms with Crippen LogP contribution in [0.4, 0.5) is 4.79 Å². The van der Waals surface area contributed by atoms with E-state index in [-0.39, 0.29) is 18.4 Å². The van der Waals surface area contributed by atoms with E-state index in [1.54, 1.807) is 4.90 Å². The molecule has 2 N–H and O–H groups in total. The number of urea groups is 1. The molecule has 18 heavy (non-hydrogen) atoms. The molecule has 6 heteroatoms. The highest BCUT2D eigenvalue weighted by molar-refractivity contribution is 6.01. The molecule has 6 nitrogen and oxygen atoms in total. The maximum absolute atomic E-state index is 11.9. The highest BCUT2D eigenvalue weighted by Gasteiger charge is 2.30. The van der Waals surface area contributed by atoms with Gasteiger partial charge in [-0.3, -0.25) is 14.9 Å². The number of likely N-dealkylation sites (tertiary alicyclic amines) is 1. The topological polar surface area (TPSA) is 78.5 Å². The molecule has 2 aliphatic heterocycles. The first-order chi connectivity index (χ1) is 8.56. The molecule has 0 saturated carbocycles. The van der Waals surface area contributed by atoms with Crippen LogP contribution < -0.4 is 10.6 Å². The minimum Gasteiger partial charge on any atom is -0.326 e. The second-order valence-corrected chi connectivity index (χ2v) is 5.12. The van der Waals surface area contributed by atoms with Crippen molar-refractivity contribution in [1.82, 2.24) is 15.5 Å². The molecule has 0 radical (unpaired) electrons. The summed E-state index contributed by atoms with van der Waals surface area (Å²) in [5.74, 6) is -0.00748. The van der Waals surface area contributed by atoms with Gasteiger partial charge in [-0.15, -0.1) is 0 Å². The average Bonchev–Trinajstić information content (AvgIpc) is 2.33. The molecule has 2 aliphatic rings. The van der Waals surface area contributed by atoms with E-state index >= 15 is 0 Å². The van der Waals surface area contributed by atoms with Gasteiger partial charge in [0, 0.05) is 19.5 Å². The van der Waals surface area contributed by atoms with Gasteiger partial charge in [-0.1, -0.05) is 6.92 Å². The fraction of sp³-hybridized carbons (Fsp3) is 0.750. The van der Waals surface area contributed by atoms with Crippen LogP contribution in [-0.2, 0) is 9.59 Å². The standard InChI is InChI=1S/C12H19N3O3/c1-8-4-6-15(7-5-8)12(18)13-9-2-3-10(16)14-11(9)17/h8-9H,2-7H2,1H3,(H,13,18)(H,14,16,17). The summed E-state index contributed by atoms with van der Waals surface area (Å²) in [5, 5.41) is 4.93. The predicted octanol–water partition coefficient (Wildman–Crippen LogP) is 0.233. The van der Waals surface area contributed by atoms with Gasteiger partial charge in [0.2, 0.25) is 11.8 Å². The summed E-state index contributed by atoms with van der Waals surface area (Å²) in [5.41, 5.74) is 0. The van der Waals surface area contributed by atoms with Crippen molar-refractivity contribution in [2.75, 3.05) is 13.1 Å². The zero-order valence-electron chi connectivity index (χ0n) is 10.6. The molecule has 0 aromatic carbocycles. The Kier molecular flexibility index (Phi) is 3.84. The van der Waals surface area contributed by atoms with E-state index in [1.165, 1.54) is 0 Å². The van der Waals surface area contributed by atoms with Crippen molar-refractivity contribution in [2.45, 2.75) is 38.6 Å². The summed E-state index contributed by atoms with van der Waals surface area (Å²) in [6, 6.07) is -0.772. The number of hydrogen-bond donors (Lipinski definition) is 2. The van der Waals surface area contributed by atoms with Gasteiger partial charge >= 0.3 is 6.03 Å². The normalized spacial score (nSPS) is 25.8. The Bertz CT molecular complexity index is 362. The molecule has 0 spiro atoms. The monoisotopic (exact) mass is 253 g/mol. The van der Waals surface area contributed by atoms with Gasteiger partial charge in [0.1, 0.15) is 6.04 Å². The van der Waals surface area contributed by atoms with Crippen LogP contribution in [0.5, 0.6) is 0 Å². The Morgan fingerprint density at radius 3 is 2.56 bits per heavy atom. The minimum absolute atomic E-state index is 0.198. The minimum atomic E-state index is -0.574.